The van der Waals surface area contributed by atoms with Crippen LogP contribution in [0.2, 0.25) is 0 Å². The Morgan fingerprint density at radius 1 is 1.32 bits per heavy atom. The minimum Gasteiger partial charge on any atom is -0.465 e. The number of amides is 1. The number of aromatic nitrogens is 3. The topological polar surface area (TPSA) is 97.0 Å². The van der Waals surface area contributed by atoms with E-state index in [0.717, 1.165) is 17.8 Å². The number of anilines is 1. The van der Waals surface area contributed by atoms with Crippen LogP contribution in [0.25, 0.3) is 0 Å². The molecular weight excluding hydrogens is 304 g/mol. The Morgan fingerprint density at radius 2 is 2.05 bits per heavy atom. The first-order valence-corrected chi connectivity index (χ1v) is 7.70. The monoisotopic (exact) mass is 322 g/mol. The van der Waals surface area contributed by atoms with Crippen molar-refractivity contribution in [1.29, 1.82) is 0 Å². The van der Waals surface area contributed by atoms with Gasteiger partial charge in [-0.15, -0.1) is 10.2 Å². The molecular formula is C14H18N4O3S. The molecule has 7 nitrogen and oxygen atoms in total. The fraction of sp³-hybridized carbons (Fsp3) is 0.429. The summed E-state index contributed by atoms with van der Waals surface area (Å²) in [4.78, 5) is 27.0. The largest absolute Gasteiger partial charge is 0.465 e. The zero-order valence-corrected chi connectivity index (χ0v) is 13.8. The van der Waals surface area contributed by atoms with Crippen LogP contribution in [0.15, 0.2) is 0 Å². The first-order chi connectivity index (χ1) is 10.5. The van der Waals surface area contributed by atoms with Gasteiger partial charge in [-0.1, -0.05) is 18.3 Å². The number of H-pyrrole nitrogens is 1. The number of methoxy groups -OCH3 is 1. The second-order valence-electron chi connectivity index (χ2n) is 4.82. The number of aryl methyl sites for hydroxylation is 2. The predicted octanol–water partition coefficient (Wildman–Crippen LogP) is 2.47. The molecule has 8 heteroatoms. The van der Waals surface area contributed by atoms with Crippen molar-refractivity contribution in [1.82, 2.24) is 15.2 Å². The minimum absolute atomic E-state index is 0.324. The smallest absolute Gasteiger partial charge is 0.339 e. The molecule has 2 aromatic rings. The third-order valence-electron chi connectivity index (χ3n) is 3.21. The highest BCUT2D eigenvalue weighted by atomic mass is 32.1. The Kier molecular flexibility index (Phi) is 4.92. The highest BCUT2D eigenvalue weighted by molar-refractivity contribution is 7.15. The van der Waals surface area contributed by atoms with Gasteiger partial charge < -0.3 is 9.72 Å². The fourth-order valence-electron chi connectivity index (χ4n) is 2.16. The summed E-state index contributed by atoms with van der Waals surface area (Å²) in [5.74, 6) is -0.818. The average molecular weight is 322 g/mol. The third kappa shape index (κ3) is 3.16. The number of carbonyl (C=O) groups is 2. The Labute approximate surface area is 132 Å². The molecule has 0 bridgehead atoms. The number of hydrogen-bond donors (Lipinski definition) is 2. The van der Waals surface area contributed by atoms with Gasteiger partial charge in [0.1, 0.15) is 10.7 Å². The summed E-state index contributed by atoms with van der Waals surface area (Å²) in [6.45, 7) is 5.48. The molecule has 0 saturated carbocycles. The fourth-order valence-corrected chi connectivity index (χ4v) is 3.00. The number of ether oxygens (including phenoxy) is 1. The van der Waals surface area contributed by atoms with E-state index in [1.807, 2.05) is 0 Å². The summed E-state index contributed by atoms with van der Waals surface area (Å²) >= 11 is 1.35. The number of rotatable bonds is 5. The normalized spacial score (nSPS) is 10.5. The zero-order chi connectivity index (χ0) is 16.3. The molecule has 0 aliphatic heterocycles. The summed E-state index contributed by atoms with van der Waals surface area (Å²) in [7, 11) is 1.31. The van der Waals surface area contributed by atoms with Gasteiger partial charge in [0, 0.05) is 12.1 Å². The number of esters is 1. The number of carbonyl (C=O) groups excluding carboxylic acids is 2. The first-order valence-electron chi connectivity index (χ1n) is 6.89. The molecule has 22 heavy (non-hydrogen) atoms. The van der Waals surface area contributed by atoms with Gasteiger partial charge in [0.05, 0.1) is 12.7 Å². The van der Waals surface area contributed by atoms with Crippen LogP contribution in [0.3, 0.4) is 0 Å². The van der Waals surface area contributed by atoms with Gasteiger partial charge in [0.15, 0.2) is 0 Å². The van der Waals surface area contributed by atoms with E-state index < -0.39 is 5.97 Å². The van der Waals surface area contributed by atoms with Gasteiger partial charge in [-0.2, -0.15) is 0 Å². The third-order valence-corrected chi connectivity index (χ3v) is 4.10. The summed E-state index contributed by atoms with van der Waals surface area (Å²) in [5.41, 5.74) is 1.86. The molecule has 1 amide bonds. The van der Waals surface area contributed by atoms with Gasteiger partial charge in [-0.3, -0.25) is 10.1 Å². The first kappa shape index (κ1) is 16.2. The van der Waals surface area contributed by atoms with Gasteiger partial charge in [0.2, 0.25) is 5.13 Å². The minimum atomic E-state index is -0.466. The molecule has 118 valence electrons. The van der Waals surface area contributed by atoms with Gasteiger partial charge in [-0.05, 0) is 25.8 Å². The molecule has 0 aliphatic carbocycles. The van der Waals surface area contributed by atoms with Crippen LogP contribution in [0, 0.1) is 13.8 Å². The molecule has 2 aromatic heterocycles. The summed E-state index contributed by atoms with van der Waals surface area (Å²) in [6.07, 6.45) is 1.81. The Bertz CT molecular complexity index is 705. The highest BCUT2D eigenvalue weighted by Gasteiger charge is 2.23. The summed E-state index contributed by atoms with van der Waals surface area (Å²) in [5, 5.41) is 12.0. The molecule has 2 heterocycles. The molecule has 0 saturated heterocycles. The Hall–Kier alpha value is -2.22. The van der Waals surface area contributed by atoms with Crippen molar-refractivity contribution in [2.24, 2.45) is 0 Å². The van der Waals surface area contributed by atoms with Crippen molar-refractivity contribution >= 4 is 28.3 Å². The van der Waals surface area contributed by atoms with E-state index in [1.165, 1.54) is 18.4 Å². The van der Waals surface area contributed by atoms with E-state index in [1.54, 1.807) is 13.8 Å². The van der Waals surface area contributed by atoms with Crippen molar-refractivity contribution in [3.05, 3.63) is 27.5 Å². The Balaban J connectivity index is 2.20. The van der Waals surface area contributed by atoms with Crippen LogP contribution in [-0.4, -0.2) is 34.2 Å². The van der Waals surface area contributed by atoms with E-state index in [4.69, 9.17) is 4.74 Å². The van der Waals surface area contributed by atoms with Crippen LogP contribution in [0.1, 0.15) is 50.5 Å². The van der Waals surface area contributed by atoms with Crippen molar-refractivity contribution in [2.45, 2.75) is 33.6 Å². The van der Waals surface area contributed by atoms with Crippen molar-refractivity contribution in [3.63, 3.8) is 0 Å². The molecule has 0 atom stereocenters. The van der Waals surface area contributed by atoms with Crippen molar-refractivity contribution in [2.75, 3.05) is 12.4 Å². The number of nitrogens with one attached hydrogen (secondary N) is 2. The Morgan fingerprint density at radius 3 is 2.68 bits per heavy atom. The second kappa shape index (κ2) is 6.69. The molecule has 0 unspecified atom stereocenters. The predicted molar refractivity (Wildman–Crippen MR) is 83.5 cm³/mol. The van der Waals surface area contributed by atoms with Crippen LogP contribution in [0.4, 0.5) is 5.13 Å². The van der Waals surface area contributed by atoms with E-state index in [9.17, 15) is 9.59 Å². The summed E-state index contributed by atoms with van der Waals surface area (Å²) in [6, 6.07) is 0. The number of hydrogen-bond acceptors (Lipinski definition) is 6. The maximum absolute atomic E-state index is 12.3. The molecule has 0 radical (unpaired) electrons. The molecule has 0 spiro atoms. The van der Waals surface area contributed by atoms with Crippen LogP contribution < -0.4 is 5.32 Å². The second-order valence-corrected chi connectivity index (χ2v) is 5.88. The number of aromatic amines is 1. The quantitative estimate of drug-likeness (QED) is 0.824. The number of nitrogens with zero attached hydrogens (tertiary/aromatic N) is 2. The van der Waals surface area contributed by atoms with E-state index in [2.05, 4.69) is 27.4 Å². The van der Waals surface area contributed by atoms with Gasteiger partial charge >= 0.3 is 5.97 Å². The van der Waals surface area contributed by atoms with Crippen LogP contribution >= 0.6 is 11.3 Å². The van der Waals surface area contributed by atoms with E-state index in [0.29, 0.717) is 27.6 Å². The molecule has 0 aliphatic rings. The average Bonchev–Trinajstić information content (AvgIpc) is 3.03. The standard InChI is InChI=1S/C14H18N4O3S/c1-5-6-9-17-18-14(22-9)16-12(19)11-7(2)10(8(3)15-11)13(20)21-4/h15H,5-6H2,1-4H3,(H,16,18,19). The zero-order valence-electron chi connectivity index (χ0n) is 12.9. The lowest BCUT2D eigenvalue weighted by molar-refractivity contribution is 0.0599. The van der Waals surface area contributed by atoms with E-state index in [-0.39, 0.29) is 5.91 Å². The summed E-state index contributed by atoms with van der Waals surface area (Å²) < 4.78 is 4.73. The van der Waals surface area contributed by atoms with Crippen LogP contribution in [-0.2, 0) is 11.2 Å². The van der Waals surface area contributed by atoms with Gasteiger partial charge in [-0.25, -0.2) is 4.79 Å². The lowest BCUT2D eigenvalue weighted by Crippen LogP contribution is -2.14. The van der Waals surface area contributed by atoms with E-state index >= 15 is 0 Å². The SMILES string of the molecule is CCCc1nnc(NC(=O)c2[nH]c(C)c(C(=O)OC)c2C)s1. The van der Waals surface area contributed by atoms with Crippen molar-refractivity contribution in [3.8, 4) is 0 Å². The van der Waals surface area contributed by atoms with Crippen molar-refractivity contribution < 1.29 is 14.3 Å². The molecule has 2 N–H and O–H groups in total. The lowest BCUT2D eigenvalue weighted by Gasteiger charge is -2.01. The molecule has 2 rings (SSSR count). The maximum Gasteiger partial charge on any atom is 0.339 e. The molecule has 0 fully saturated rings. The molecule has 0 aromatic carbocycles. The lowest BCUT2D eigenvalue weighted by atomic mass is 10.1. The van der Waals surface area contributed by atoms with Gasteiger partial charge in [0.25, 0.3) is 5.91 Å². The van der Waals surface area contributed by atoms with Crippen LogP contribution in [0.5, 0.6) is 0 Å². The maximum atomic E-state index is 12.3. The highest BCUT2D eigenvalue weighted by Crippen LogP contribution is 2.21.